The maximum Gasteiger partial charge on any atom is 0.335 e. The van der Waals surface area contributed by atoms with Crippen molar-refractivity contribution in [1.29, 1.82) is 0 Å². The smallest absolute Gasteiger partial charge is 0.335 e. The van der Waals surface area contributed by atoms with Gasteiger partial charge in [-0.2, -0.15) is 0 Å². The predicted molar refractivity (Wildman–Crippen MR) is 204 cm³/mol. The number of carbonyl (C=O) groups excluding carboxylic acids is 1. The van der Waals surface area contributed by atoms with Gasteiger partial charge in [-0.25, -0.2) is 9.59 Å². The largest absolute Gasteiger partial charge is 0.481 e. The van der Waals surface area contributed by atoms with Gasteiger partial charge in [-0.05, 0) is 110 Å². The van der Waals surface area contributed by atoms with Crippen LogP contribution in [0.5, 0.6) is 0 Å². The van der Waals surface area contributed by atoms with E-state index in [4.69, 9.17) is 29.9 Å². The molecule has 7 rings (SSSR count). The number of rotatable bonds is 5. The first-order chi connectivity index (χ1) is 26.3. The Hall–Kier alpha value is -2.54. The van der Waals surface area contributed by atoms with E-state index in [0.717, 1.165) is 38.5 Å². The van der Waals surface area contributed by atoms with Crippen LogP contribution in [-0.4, -0.2) is 132 Å². The van der Waals surface area contributed by atoms with Crippen LogP contribution in [0.2, 0.25) is 0 Å². The highest BCUT2D eigenvalue weighted by Crippen LogP contribution is 2.75. The van der Waals surface area contributed by atoms with Gasteiger partial charge in [0.05, 0.1) is 24.2 Å². The van der Waals surface area contributed by atoms with Crippen molar-refractivity contribution in [2.24, 2.45) is 50.2 Å². The van der Waals surface area contributed by atoms with Crippen molar-refractivity contribution in [2.45, 2.75) is 168 Å². The van der Waals surface area contributed by atoms with E-state index in [9.17, 15) is 39.6 Å². The minimum atomic E-state index is -1.58. The Bertz CT molecular complexity index is 1650. The first kappa shape index (κ1) is 46.5. The SMILES string of the molecule is CC1(C)[C@@H](OC2C[C@H](O)C(O)[C@@H](C(=O)O)O2)CC[C@]2(C)[C@H]3C(=O)C=C4[C@@H]5C[C@@](C)(C(=O)O)CC[C@]5(C)CC[C@@]4(C)[C@]3(C)CC[C@@H]12.O.O=C(O)C1OCC(O)[C@H](O)[C@@H]1O. The molecule has 0 aromatic carbocycles. The Morgan fingerprint density at radius 1 is 0.759 bits per heavy atom. The molecule has 2 saturated heterocycles. The van der Waals surface area contributed by atoms with Crippen molar-refractivity contribution in [2.75, 3.05) is 6.61 Å². The molecule has 17 atom stereocenters. The van der Waals surface area contributed by atoms with Crippen LogP contribution in [0, 0.1) is 50.2 Å². The number of carboxylic acid groups (broad SMARTS) is 3. The predicted octanol–water partition coefficient (Wildman–Crippen LogP) is 2.09. The van der Waals surface area contributed by atoms with Crippen molar-refractivity contribution >= 4 is 23.7 Å². The third-order valence-electron chi connectivity index (χ3n) is 16.8. The lowest BCUT2D eigenvalue weighted by molar-refractivity contribution is -0.290. The molecule has 16 heteroatoms. The summed E-state index contributed by atoms with van der Waals surface area (Å²) < 4.78 is 16.6. The van der Waals surface area contributed by atoms with Crippen molar-refractivity contribution in [1.82, 2.24) is 0 Å². The van der Waals surface area contributed by atoms with Gasteiger partial charge in [0.2, 0.25) is 0 Å². The van der Waals surface area contributed by atoms with Crippen molar-refractivity contribution in [3.63, 3.8) is 0 Å². The number of allylic oxidation sites excluding steroid dienone is 2. The van der Waals surface area contributed by atoms with E-state index in [1.807, 2.05) is 13.0 Å². The van der Waals surface area contributed by atoms with Gasteiger partial charge in [0.25, 0.3) is 0 Å². The highest BCUT2D eigenvalue weighted by molar-refractivity contribution is 5.95. The monoisotopic (exact) mass is 826 g/mol. The molecule has 2 aliphatic heterocycles. The average Bonchev–Trinajstić information content (AvgIpc) is 3.11. The minimum absolute atomic E-state index is 0. The molecule has 5 aliphatic carbocycles. The fraction of sp³-hybridized carbons (Fsp3) is 0.857. The highest BCUT2D eigenvalue weighted by Gasteiger charge is 2.70. The van der Waals surface area contributed by atoms with Gasteiger partial charge in [-0.15, -0.1) is 0 Å². The Balaban J connectivity index is 0.000000424. The zero-order chi connectivity index (χ0) is 42.4. The van der Waals surface area contributed by atoms with Gasteiger partial charge in [-0.3, -0.25) is 9.59 Å². The number of aliphatic carboxylic acids is 3. The molecule has 58 heavy (non-hydrogen) atoms. The van der Waals surface area contributed by atoms with Gasteiger partial charge in [0.15, 0.2) is 24.3 Å². The standard InChI is InChI=1S/C36H54O9.C6H10O6.H2O/c1-31(2)23-8-11-36(7)28(34(23,5)10-9-24(31)44-25-17-21(37)26(39)27(45-25)29(40)41)22(38)16-19-20-18-33(4,30(42)43)13-12-32(20,3)14-15-35(19,36)6;7-2-1-12-5(6(10)11)4(9)3(2)8;/h16,20-21,23-28,37,39H,8-15,17-18H2,1-7H3,(H,40,41)(H,42,43);2-5,7-9H,1H2,(H,10,11);1H2/t20-,21-,23-,24-,25?,26?,27-,28+,32+,33-,34-,35+,36+;2?,3-,4-,5?;/m00./s1. The Morgan fingerprint density at radius 3 is 1.98 bits per heavy atom. The van der Waals surface area contributed by atoms with Gasteiger partial charge in [0.1, 0.15) is 24.4 Å². The summed E-state index contributed by atoms with van der Waals surface area (Å²) in [7, 11) is 0. The number of carbonyl (C=O) groups is 4. The molecule has 4 unspecified atom stereocenters. The lowest BCUT2D eigenvalue weighted by Crippen LogP contribution is -2.67. The molecule has 0 aromatic rings. The Morgan fingerprint density at radius 2 is 1.38 bits per heavy atom. The number of hydrogen-bond acceptors (Lipinski definition) is 12. The second-order valence-corrected chi connectivity index (χ2v) is 20.3. The molecule has 0 aromatic heterocycles. The molecule has 10 N–H and O–H groups in total. The maximum atomic E-state index is 14.6. The molecular weight excluding hydrogens is 760 g/mol. The summed E-state index contributed by atoms with van der Waals surface area (Å²) in [6, 6.07) is 0. The number of carboxylic acids is 3. The molecule has 0 radical (unpaired) electrons. The van der Waals surface area contributed by atoms with Crippen molar-refractivity contribution < 1.29 is 79.7 Å². The molecule has 7 aliphatic rings. The number of aliphatic hydroxyl groups is 5. The summed E-state index contributed by atoms with van der Waals surface area (Å²) >= 11 is 0. The summed E-state index contributed by atoms with van der Waals surface area (Å²) in [5.74, 6) is -3.16. The number of ether oxygens (including phenoxy) is 3. The van der Waals surface area contributed by atoms with Crippen LogP contribution < -0.4 is 0 Å². The van der Waals surface area contributed by atoms with E-state index < -0.39 is 72.3 Å². The van der Waals surface area contributed by atoms with E-state index in [2.05, 4.69) is 46.3 Å². The summed E-state index contributed by atoms with van der Waals surface area (Å²) in [6.45, 7) is 15.3. The molecule has 0 spiro atoms. The maximum absolute atomic E-state index is 14.6. The van der Waals surface area contributed by atoms with Gasteiger partial charge in [0, 0.05) is 12.3 Å². The lowest BCUT2D eigenvalue weighted by Gasteiger charge is -2.70. The molecule has 16 nitrogen and oxygen atoms in total. The average molecular weight is 827 g/mol. The van der Waals surface area contributed by atoms with E-state index in [1.165, 1.54) is 5.57 Å². The highest BCUT2D eigenvalue weighted by atomic mass is 16.7. The van der Waals surface area contributed by atoms with E-state index in [0.29, 0.717) is 19.3 Å². The van der Waals surface area contributed by atoms with Gasteiger partial charge < -0.3 is 60.5 Å². The molecule has 6 fully saturated rings. The summed E-state index contributed by atoms with van der Waals surface area (Å²) in [6.07, 6.45) is -1.88. The summed E-state index contributed by atoms with van der Waals surface area (Å²) in [4.78, 5) is 49.0. The molecule has 0 bridgehead atoms. The van der Waals surface area contributed by atoms with E-state index in [1.54, 1.807) is 0 Å². The van der Waals surface area contributed by atoms with Crippen LogP contribution in [0.25, 0.3) is 0 Å². The van der Waals surface area contributed by atoms with Crippen LogP contribution in [0.15, 0.2) is 11.6 Å². The van der Waals surface area contributed by atoms with Crippen molar-refractivity contribution in [3.8, 4) is 0 Å². The first-order valence-electron chi connectivity index (χ1n) is 20.6. The third-order valence-corrected chi connectivity index (χ3v) is 16.8. The molecule has 0 amide bonds. The zero-order valence-electron chi connectivity index (χ0n) is 34.7. The molecule has 2 heterocycles. The van der Waals surface area contributed by atoms with Crippen LogP contribution in [0.4, 0.5) is 0 Å². The number of aliphatic hydroxyl groups excluding tert-OH is 5. The second kappa shape index (κ2) is 15.7. The summed E-state index contributed by atoms with van der Waals surface area (Å²) in [5, 5.41) is 75.6. The fourth-order valence-electron chi connectivity index (χ4n) is 12.9. The third kappa shape index (κ3) is 7.25. The fourth-order valence-corrected chi connectivity index (χ4v) is 12.9. The molecule has 4 saturated carbocycles. The van der Waals surface area contributed by atoms with Crippen LogP contribution in [0.1, 0.15) is 113 Å². The number of ketones is 1. The van der Waals surface area contributed by atoms with Crippen LogP contribution in [0.3, 0.4) is 0 Å². The Kier molecular flexibility index (Phi) is 12.6. The van der Waals surface area contributed by atoms with Crippen LogP contribution >= 0.6 is 0 Å². The summed E-state index contributed by atoms with van der Waals surface area (Å²) in [5.41, 5.74) is -0.675. The number of hydrogen-bond donors (Lipinski definition) is 8. The normalized spacial score (nSPS) is 49.4. The van der Waals surface area contributed by atoms with E-state index in [-0.39, 0.29) is 75.2 Å². The second-order valence-electron chi connectivity index (χ2n) is 20.3. The lowest BCUT2D eigenvalue weighted by atomic mass is 9.33. The van der Waals surface area contributed by atoms with Crippen LogP contribution in [-0.2, 0) is 33.4 Å². The molecular formula is C42H66O16. The van der Waals surface area contributed by atoms with Crippen molar-refractivity contribution in [3.05, 3.63) is 11.6 Å². The molecule has 330 valence electrons. The first-order valence-corrected chi connectivity index (χ1v) is 20.6. The van der Waals surface area contributed by atoms with Gasteiger partial charge >= 0.3 is 17.9 Å². The zero-order valence-corrected chi connectivity index (χ0v) is 34.7. The number of fused-ring (bicyclic) bond motifs is 7. The van der Waals surface area contributed by atoms with Gasteiger partial charge in [-0.1, -0.05) is 47.1 Å². The van der Waals surface area contributed by atoms with E-state index >= 15 is 0 Å². The Labute approximate surface area is 339 Å². The quantitative estimate of drug-likeness (QED) is 0.184. The topological polar surface area (TPSA) is 289 Å². The minimum Gasteiger partial charge on any atom is -0.481 e.